The first-order chi connectivity index (χ1) is 5.15. The van der Waals surface area contributed by atoms with Gasteiger partial charge in [0.15, 0.2) is 0 Å². The first kappa shape index (κ1) is 8.84. The van der Waals surface area contributed by atoms with E-state index >= 15 is 0 Å². The highest BCUT2D eigenvalue weighted by Gasteiger charge is 2.04. The van der Waals surface area contributed by atoms with Crippen LogP contribution in [0.3, 0.4) is 0 Å². The zero-order valence-corrected chi connectivity index (χ0v) is 7.85. The van der Waals surface area contributed by atoms with Gasteiger partial charge in [0.2, 0.25) is 0 Å². The third kappa shape index (κ3) is 1.86. The summed E-state index contributed by atoms with van der Waals surface area (Å²) in [5.74, 6) is -0.0231. The number of phenols is 1. The minimum Gasteiger partial charge on any atom is -0.506 e. The number of aromatic hydroxyl groups is 1. The lowest BCUT2D eigenvalue weighted by molar-refractivity contribution is 0.281. The summed E-state index contributed by atoms with van der Waals surface area (Å²) in [4.78, 5) is 0. The average molecular weight is 237 g/mol. The van der Waals surface area contributed by atoms with Crippen LogP contribution in [-0.2, 0) is 6.61 Å². The number of aliphatic hydroxyl groups excluding tert-OH is 1. The Morgan fingerprint density at radius 2 is 2.09 bits per heavy atom. The summed E-state index contributed by atoms with van der Waals surface area (Å²) in [6.07, 6.45) is 0. The topological polar surface area (TPSA) is 40.5 Å². The predicted octanol–water partition coefficient (Wildman–Crippen LogP) is 2.30. The van der Waals surface area contributed by atoms with Crippen LogP contribution < -0.4 is 0 Å². The van der Waals surface area contributed by atoms with Crippen LogP contribution in [0, 0.1) is 0 Å². The maximum atomic E-state index is 9.14. The molecule has 0 aromatic heterocycles. The molecule has 0 bridgehead atoms. The van der Waals surface area contributed by atoms with Gasteiger partial charge < -0.3 is 10.2 Å². The molecule has 0 aliphatic heterocycles. The molecule has 0 heterocycles. The van der Waals surface area contributed by atoms with Crippen LogP contribution >= 0.6 is 27.5 Å². The third-order valence-corrected chi connectivity index (χ3v) is 2.50. The predicted molar refractivity (Wildman–Crippen MR) is 46.7 cm³/mol. The molecule has 0 atom stereocenters. The highest BCUT2D eigenvalue weighted by Crippen LogP contribution is 2.32. The molecule has 0 spiro atoms. The van der Waals surface area contributed by atoms with Gasteiger partial charge in [-0.05, 0) is 33.6 Å². The van der Waals surface area contributed by atoms with Crippen molar-refractivity contribution in [3.05, 3.63) is 27.2 Å². The number of aliphatic hydroxyl groups is 1. The lowest BCUT2D eigenvalue weighted by Gasteiger charge is -2.01. The number of rotatable bonds is 1. The number of hydrogen-bond donors (Lipinski definition) is 2. The van der Waals surface area contributed by atoms with Gasteiger partial charge in [-0.1, -0.05) is 11.6 Å². The van der Waals surface area contributed by atoms with E-state index in [9.17, 15) is 0 Å². The van der Waals surface area contributed by atoms with Crippen molar-refractivity contribution in [3.63, 3.8) is 0 Å². The summed E-state index contributed by atoms with van der Waals surface area (Å²) in [7, 11) is 0. The monoisotopic (exact) mass is 236 g/mol. The first-order valence-corrected chi connectivity index (χ1v) is 4.10. The van der Waals surface area contributed by atoms with E-state index in [1.165, 1.54) is 6.07 Å². The number of phenolic OH excluding ortho intramolecular Hbond substituents is 1. The van der Waals surface area contributed by atoms with E-state index in [1.807, 2.05) is 0 Å². The molecule has 2 N–H and O–H groups in total. The van der Waals surface area contributed by atoms with Crippen molar-refractivity contribution in [1.29, 1.82) is 0 Å². The van der Waals surface area contributed by atoms with Crippen LogP contribution in [0.1, 0.15) is 5.56 Å². The van der Waals surface area contributed by atoms with Crippen molar-refractivity contribution in [2.24, 2.45) is 0 Å². The van der Waals surface area contributed by atoms with Crippen LogP contribution in [0.4, 0.5) is 0 Å². The van der Waals surface area contributed by atoms with Crippen molar-refractivity contribution in [2.45, 2.75) is 6.61 Å². The molecule has 0 aliphatic carbocycles. The second kappa shape index (κ2) is 3.43. The second-order valence-electron chi connectivity index (χ2n) is 2.07. The summed E-state index contributed by atoms with van der Waals surface area (Å²) in [6.45, 7) is -0.108. The highest BCUT2D eigenvalue weighted by atomic mass is 79.9. The van der Waals surface area contributed by atoms with E-state index in [-0.39, 0.29) is 17.4 Å². The van der Waals surface area contributed by atoms with E-state index in [4.69, 9.17) is 21.8 Å². The molecule has 60 valence electrons. The Labute approximate surface area is 77.6 Å². The molecule has 1 aromatic rings. The van der Waals surface area contributed by atoms with Crippen molar-refractivity contribution in [2.75, 3.05) is 0 Å². The molecule has 0 saturated carbocycles. The molecule has 2 nitrogen and oxygen atoms in total. The Hall–Kier alpha value is -0.250. The Kier molecular flexibility index (Phi) is 2.76. The van der Waals surface area contributed by atoms with Crippen LogP contribution in [0.15, 0.2) is 16.6 Å². The smallest absolute Gasteiger partial charge is 0.135 e. The Morgan fingerprint density at radius 1 is 1.45 bits per heavy atom. The van der Waals surface area contributed by atoms with Gasteiger partial charge in [-0.3, -0.25) is 0 Å². The molecule has 11 heavy (non-hydrogen) atoms. The molecule has 0 saturated heterocycles. The molecule has 1 rings (SSSR count). The minimum absolute atomic E-state index is 0.0231. The van der Waals surface area contributed by atoms with E-state index in [2.05, 4.69) is 15.9 Å². The molecule has 1 aromatic carbocycles. The van der Waals surface area contributed by atoms with Gasteiger partial charge in [0.1, 0.15) is 5.75 Å². The van der Waals surface area contributed by atoms with Crippen LogP contribution in [0.5, 0.6) is 5.75 Å². The summed E-state index contributed by atoms with van der Waals surface area (Å²) in [5, 5.41) is 18.1. The minimum atomic E-state index is -0.108. The summed E-state index contributed by atoms with van der Waals surface area (Å²) in [5.41, 5.74) is 0.624. The van der Waals surface area contributed by atoms with E-state index in [0.717, 1.165) is 0 Å². The zero-order valence-electron chi connectivity index (χ0n) is 5.51. The van der Waals surface area contributed by atoms with Gasteiger partial charge in [-0.2, -0.15) is 0 Å². The van der Waals surface area contributed by atoms with Gasteiger partial charge in [0.05, 0.1) is 11.6 Å². The second-order valence-corrected chi connectivity index (χ2v) is 3.30. The fraction of sp³-hybridized carbons (Fsp3) is 0.143. The Morgan fingerprint density at radius 3 is 2.55 bits per heavy atom. The maximum Gasteiger partial charge on any atom is 0.135 e. The number of hydrogen-bond acceptors (Lipinski definition) is 2. The van der Waals surface area contributed by atoms with Crippen molar-refractivity contribution < 1.29 is 10.2 Å². The van der Waals surface area contributed by atoms with Crippen LogP contribution in [0.25, 0.3) is 0 Å². The summed E-state index contributed by atoms with van der Waals surface area (Å²) >= 11 is 8.76. The fourth-order valence-electron chi connectivity index (χ4n) is 0.720. The van der Waals surface area contributed by atoms with E-state index in [1.54, 1.807) is 6.07 Å². The molecule has 0 unspecified atom stereocenters. The molecule has 0 fully saturated rings. The highest BCUT2D eigenvalue weighted by molar-refractivity contribution is 9.10. The largest absolute Gasteiger partial charge is 0.506 e. The standard InChI is InChI=1S/C7H6BrClO2/c8-5-1-4(3-10)2-6(11)7(5)9/h1-2,10-11H,3H2. The van der Waals surface area contributed by atoms with E-state index in [0.29, 0.717) is 10.0 Å². The molecular formula is C7H6BrClO2. The number of halogens is 2. The van der Waals surface area contributed by atoms with E-state index < -0.39 is 0 Å². The first-order valence-electron chi connectivity index (χ1n) is 2.93. The third-order valence-electron chi connectivity index (χ3n) is 1.25. The zero-order chi connectivity index (χ0) is 8.43. The fourth-order valence-corrected chi connectivity index (χ4v) is 1.33. The Balaban J connectivity index is 3.21. The van der Waals surface area contributed by atoms with Crippen LogP contribution in [0.2, 0.25) is 5.02 Å². The summed E-state index contributed by atoms with van der Waals surface area (Å²) < 4.78 is 0.586. The molecular weight excluding hydrogens is 231 g/mol. The lowest BCUT2D eigenvalue weighted by Crippen LogP contribution is -1.83. The molecule has 0 aliphatic rings. The average Bonchev–Trinajstić information content (AvgIpc) is 1.99. The molecule has 0 radical (unpaired) electrons. The van der Waals surface area contributed by atoms with Gasteiger partial charge >= 0.3 is 0 Å². The van der Waals surface area contributed by atoms with Gasteiger partial charge in [0, 0.05) is 4.47 Å². The quantitative estimate of drug-likeness (QED) is 0.787. The summed E-state index contributed by atoms with van der Waals surface area (Å²) in [6, 6.07) is 3.08. The van der Waals surface area contributed by atoms with Crippen molar-refractivity contribution in [1.82, 2.24) is 0 Å². The van der Waals surface area contributed by atoms with Gasteiger partial charge in [0.25, 0.3) is 0 Å². The van der Waals surface area contributed by atoms with Gasteiger partial charge in [-0.15, -0.1) is 0 Å². The maximum absolute atomic E-state index is 9.14. The Bertz CT molecular complexity index is 252. The molecule has 0 amide bonds. The van der Waals surface area contributed by atoms with Crippen molar-refractivity contribution >= 4 is 27.5 Å². The van der Waals surface area contributed by atoms with Gasteiger partial charge in [-0.25, -0.2) is 0 Å². The van der Waals surface area contributed by atoms with Crippen LogP contribution in [-0.4, -0.2) is 10.2 Å². The number of benzene rings is 1. The van der Waals surface area contributed by atoms with Crippen molar-refractivity contribution in [3.8, 4) is 5.75 Å². The normalized spacial score (nSPS) is 10.1. The SMILES string of the molecule is OCc1cc(O)c(Cl)c(Br)c1. The lowest BCUT2D eigenvalue weighted by atomic mass is 10.2. The molecule has 4 heteroatoms.